The van der Waals surface area contributed by atoms with Gasteiger partial charge in [-0.2, -0.15) is 0 Å². The van der Waals surface area contributed by atoms with E-state index in [1.165, 1.54) is 0 Å². The van der Waals surface area contributed by atoms with Crippen LogP contribution in [0.1, 0.15) is 53.0 Å². The van der Waals surface area contributed by atoms with Crippen LogP contribution in [0.4, 0.5) is 0 Å². The van der Waals surface area contributed by atoms with Crippen LogP contribution >= 0.6 is 11.6 Å². The third kappa shape index (κ3) is 4.65. The van der Waals surface area contributed by atoms with Crippen molar-refractivity contribution in [1.82, 2.24) is 10.3 Å². The number of pyridine rings is 1. The number of aromatic nitrogens is 1. The number of hydrogen-bond donors (Lipinski definition) is 2. The van der Waals surface area contributed by atoms with E-state index in [4.69, 9.17) is 16.3 Å². The highest BCUT2D eigenvalue weighted by molar-refractivity contribution is 6.31. The van der Waals surface area contributed by atoms with Gasteiger partial charge in [-0.05, 0) is 63.8 Å². The highest BCUT2D eigenvalue weighted by Crippen LogP contribution is 2.30. The highest BCUT2D eigenvalue weighted by Gasteiger charge is 2.19. The molecule has 1 aliphatic rings. The van der Waals surface area contributed by atoms with E-state index in [1.807, 2.05) is 32.9 Å². The minimum absolute atomic E-state index is 0.0373. The van der Waals surface area contributed by atoms with E-state index in [0.717, 1.165) is 29.7 Å². The minimum Gasteiger partial charge on any atom is -0.491 e. The number of aromatic amines is 1. The van der Waals surface area contributed by atoms with Crippen LogP contribution in [0, 0.1) is 6.92 Å². The number of allylic oxidation sites excluding steroid dienone is 2. The summed E-state index contributed by atoms with van der Waals surface area (Å²) in [6.07, 6.45) is 6.21. The lowest BCUT2D eigenvalue weighted by molar-refractivity contribution is 0.0949. The van der Waals surface area contributed by atoms with Crippen molar-refractivity contribution in [2.75, 3.05) is 0 Å². The normalized spacial score (nSPS) is 15.7. The third-order valence-corrected chi connectivity index (χ3v) is 4.86. The van der Waals surface area contributed by atoms with Crippen molar-refractivity contribution in [3.63, 3.8) is 0 Å². The zero-order chi connectivity index (χ0) is 20.3. The van der Waals surface area contributed by atoms with Gasteiger partial charge in [0, 0.05) is 34.0 Å². The average Bonchev–Trinajstić information content (AvgIpc) is 2.59. The van der Waals surface area contributed by atoms with Gasteiger partial charge in [0.25, 0.3) is 11.5 Å². The Kier molecular flexibility index (Phi) is 6.25. The summed E-state index contributed by atoms with van der Waals surface area (Å²) in [5.74, 6) is 0.342. The minimum atomic E-state index is -0.272. The molecule has 3 rings (SSSR count). The predicted octanol–water partition coefficient (Wildman–Crippen LogP) is 4.10. The quantitative estimate of drug-likeness (QED) is 0.745. The standard InChI is InChI=1S/C22H25ClN2O3/c1-13(2)28-20-11-16(23)10-18-17(20)8-6-4-5-7-15-9-14(3)25-22(27)19(15)12-24-21(18)26/h4,6,9-11,13H,5,7-8,12H2,1-3H3,(H,24,26)(H,25,27)/b6-4-. The second-order valence-electron chi connectivity index (χ2n) is 7.28. The molecule has 1 aromatic heterocycles. The SMILES string of the molecule is Cc1cc2c(c(=O)[nH]1)CNC(=O)c1cc(Cl)cc(OC(C)C)c1C/C=C\CC2. The van der Waals surface area contributed by atoms with Gasteiger partial charge < -0.3 is 15.0 Å². The Morgan fingerprint density at radius 3 is 2.64 bits per heavy atom. The van der Waals surface area contributed by atoms with E-state index in [1.54, 1.807) is 12.1 Å². The van der Waals surface area contributed by atoms with E-state index in [0.29, 0.717) is 28.3 Å². The first kappa shape index (κ1) is 20.2. The summed E-state index contributed by atoms with van der Waals surface area (Å²) in [6, 6.07) is 5.37. The van der Waals surface area contributed by atoms with Crippen molar-refractivity contribution < 1.29 is 9.53 Å². The topological polar surface area (TPSA) is 71.2 Å². The zero-order valence-corrected chi connectivity index (χ0v) is 17.2. The van der Waals surface area contributed by atoms with Crippen molar-refractivity contribution in [2.24, 2.45) is 0 Å². The maximum atomic E-state index is 12.9. The number of benzene rings is 1. The number of halogens is 1. The zero-order valence-electron chi connectivity index (χ0n) is 16.4. The molecular formula is C22H25ClN2O3. The molecule has 5 nitrogen and oxygen atoms in total. The van der Waals surface area contributed by atoms with Crippen LogP contribution in [0.5, 0.6) is 5.75 Å². The molecule has 0 radical (unpaired) electrons. The summed E-state index contributed by atoms with van der Waals surface area (Å²) in [5.41, 5.74) is 3.48. The van der Waals surface area contributed by atoms with Gasteiger partial charge in [0.15, 0.2) is 0 Å². The molecule has 0 spiro atoms. The van der Waals surface area contributed by atoms with Gasteiger partial charge in [-0.25, -0.2) is 0 Å². The van der Waals surface area contributed by atoms with Gasteiger partial charge in [-0.3, -0.25) is 9.59 Å². The van der Waals surface area contributed by atoms with Crippen LogP contribution in [-0.2, 0) is 19.4 Å². The van der Waals surface area contributed by atoms with Crippen molar-refractivity contribution >= 4 is 17.5 Å². The molecule has 28 heavy (non-hydrogen) atoms. The first-order valence-corrected chi connectivity index (χ1v) is 9.87. The third-order valence-electron chi connectivity index (χ3n) is 4.64. The summed E-state index contributed by atoms with van der Waals surface area (Å²) in [4.78, 5) is 28.2. The number of carbonyl (C=O) groups is 1. The molecule has 0 fully saturated rings. The number of aryl methyl sites for hydroxylation is 2. The van der Waals surface area contributed by atoms with Crippen LogP contribution in [0.25, 0.3) is 0 Å². The van der Waals surface area contributed by atoms with Crippen LogP contribution in [0.2, 0.25) is 5.02 Å². The van der Waals surface area contributed by atoms with Gasteiger partial charge in [-0.15, -0.1) is 0 Å². The highest BCUT2D eigenvalue weighted by atomic mass is 35.5. The lowest BCUT2D eigenvalue weighted by Gasteiger charge is -2.18. The number of H-pyrrole nitrogens is 1. The fourth-order valence-electron chi connectivity index (χ4n) is 3.41. The van der Waals surface area contributed by atoms with E-state index < -0.39 is 0 Å². The van der Waals surface area contributed by atoms with Crippen molar-refractivity contribution in [3.8, 4) is 5.75 Å². The van der Waals surface area contributed by atoms with E-state index in [-0.39, 0.29) is 24.1 Å². The largest absolute Gasteiger partial charge is 0.491 e. The van der Waals surface area contributed by atoms with Gasteiger partial charge in [0.2, 0.25) is 0 Å². The Bertz CT molecular complexity index is 976. The van der Waals surface area contributed by atoms with Crippen LogP contribution in [-0.4, -0.2) is 17.0 Å². The van der Waals surface area contributed by atoms with Crippen molar-refractivity contribution in [1.29, 1.82) is 0 Å². The number of fused-ring (bicyclic) bond motifs is 2. The molecule has 0 bridgehead atoms. The number of hydrogen-bond acceptors (Lipinski definition) is 3. The second kappa shape index (κ2) is 8.65. The van der Waals surface area contributed by atoms with Gasteiger partial charge in [0.1, 0.15) is 5.75 Å². The molecule has 0 atom stereocenters. The Morgan fingerprint density at radius 1 is 1.11 bits per heavy atom. The molecule has 0 saturated heterocycles. The molecule has 2 N–H and O–H groups in total. The number of amides is 1. The molecule has 1 aromatic carbocycles. The summed E-state index contributed by atoms with van der Waals surface area (Å²) in [7, 11) is 0. The lowest BCUT2D eigenvalue weighted by atomic mass is 9.99. The molecule has 0 unspecified atom stereocenters. The summed E-state index contributed by atoms with van der Waals surface area (Å²) >= 11 is 6.25. The van der Waals surface area contributed by atoms with E-state index in [9.17, 15) is 9.59 Å². The number of ether oxygens (including phenoxy) is 1. The molecule has 148 valence electrons. The number of nitrogens with one attached hydrogen (secondary N) is 2. The van der Waals surface area contributed by atoms with E-state index in [2.05, 4.69) is 16.4 Å². The average molecular weight is 401 g/mol. The molecular weight excluding hydrogens is 376 g/mol. The van der Waals surface area contributed by atoms with Crippen molar-refractivity contribution in [2.45, 2.75) is 52.7 Å². The van der Waals surface area contributed by atoms with Gasteiger partial charge in [-0.1, -0.05) is 23.8 Å². The lowest BCUT2D eigenvalue weighted by Crippen LogP contribution is -2.29. The molecule has 6 heteroatoms. The maximum absolute atomic E-state index is 12.9. The van der Waals surface area contributed by atoms with Gasteiger partial charge in [0.05, 0.1) is 6.10 Å². The fraction of sp³-hybridized carbons (Fsp3) is 0.364. The predicted molar refractivity (Wildman–Crippen MR) is 111 cm³/mol. The Morgan fingerprint density at radius 2 is 1.89 bits per heavy atom. The molecule has 1 aliphatic heterocycles. The monoisotopic (exact) mass is 400 g/mol. The Labute approximate surface area is 169 Å². The summed E-state index contributed by atoms with van der Waals surface area (Å²) in [5, 5.41) is 3.32. The summed E-state index contributed by atoms with van der Waals surface area (Å²) in [6.45, 7) is 5.90. The summed E-state index contributed by atoms with van der Waals surface area (Å²) < 4.78 is 5.90. The van der Waals surface area contributed by atoms with Crippen LogP contribution < -0.4 is 15.6 Å². The molecule has 2 aromatic rings. The van der Waals surface area contributed by atoms with Gasteiger partial charge >= 0.3 is 0 Å². The van der Waals surface area contributed by atoms with Crippen LogP contribution in [0.15, 0.2) is 35.1 Å². The van der Waals surface area contributed by atoms with Crippen LogP contribution in [0.3, 0.4) is 0 Å². The van der Waals surface area contributed by atoms with Crippen molar-refractivity contribution in [3.05, 3.63) is 73.7 Å². The number of carbonyl (C=O) groups excluding carboxylic acids is 1. The molecule has 2 heterocycles. The maximum Gasteiger partial charge on any atom is 0.253 e. The smallest absolute Gasteiger partial charge is 0.253 e. The molecule has 0 aliphatic carbocycles. The first-order valence-electron chi connectivity index (χ1n) is 9.49. The van der Waals surface area contributed by atoms with E-state index >= 15 is 0 Å². The second-order valence-corrected chi connectivity index (χ2v) is 7.72. The molecule has 0 saturated carbocycles. The first-order chi connectivity index (χ1) is 13.3. The molecule has 1 amide bonds. The number of rotatable bonds is 2. The fourth-order valence-corrected chi connectivity index (χ4v) is 3.62. The Balaban J connectivity index is 2.04. The Hall–Kier alpha value is -2.53.